The van der Waals surface area contributed by atoms with Crippen LogP contribution in [0.5, 0.6) is 0 Å². The summed E-state index contributed by atoms with van der Waals surface area (Å²) in [5.41, 5.74) is 6.67. The molecule has 0 spiro atoms. The van der Waals surface area contributed by atoms with Gasteiger partial charge in [-0.15, -0.1) is 0 Å². The van der Waals surface area contributed by atoms with Crippen molar-refractivity contribution < 1.29 is 4.42 Å². The topological polar surface area (TPSA) is 56.2 Å². The zero-order valence-electron chi connectivity index (χ0n) is 16.3. The highest BCUT2D eigenvalue weighted by Gasteiger charge is 2.24. The Kier molecular flexibility index (Phi) is 4.82. The molecule has 4 aromatic rings. The van der Waals surface area contributed by atoms with Gasteiger partial charge in [0.15, 0.2) is 12.2 Å². The van der Waals surface area contributed by atoms with Crippen LogP contribution in [-0.2, 0) is 6.54 Å². The first kappa shape index (κ1) is 18.6. The van der Waals surface area contributed by atoms with E-state index < -0.39 is 0 Å². The zero-order valence-corrected chi connectivity index (χ0v) is 17.8. The molecule has 5 rings (SSSR count). The highest BCUT2D eigenvalue weighted by Crippen LogP contribution is 2.32. The van der Waals surface area contributed by atoms with E-state index in [4.69, 9.17) is 9.41 Å². The predicted octanol–water partition coefficient (Wildman–Crippen LogP) is 5.40. The van der Waals surface area contributed by atoms with Gasteiger partial charge in [0.2, 0.25) is 0 Å². The Morgan fingerprint density at radius 2 is 2.07 bits per heavy atom. The molecule has 5 nitrogen and oxygen atoms in total. The first-order chi connectivity index (χ1) is 14.8. The number of imidazole rings is 1. The van der Waals surface area contributed by atoms with Crippen LogP contribution in [-0.4, -0.2) is 20.2 Å². The van der Waals surface area contributed by atoms with Gasteiger partial charge < -0.3 is 4.42 Å². The van der Waals surface area contributed by atoms with E-state index in [9.17, 15) is 0 Å². The summed E-state index contributed by atoms with van der Waals surface area (Å²) in [6, 6.07) is 14.4. The minimum absolute atomic E-state index is 0.470. The number of oxazole rings is 1. The third-order valence-electron chi connectivity index (χ3n) is 4.97. The Morgan fingerprint density at radius 1 is 1.17 bits per heavy atom. The van der Waals surface area contributed by atoms with Gasteiger partial charge in [0.25, 0.3) is 0 Å². The summed E-state index contributed by atoms with van der Waals surface area (Å²) in [5, 5.41) is 0. The van der Waals surface area contributed by atoms with Gasteiger partial charge in [-0.1, -0.05) is 52.9 Å². The average molecular weight is 457 g/mol. The second kappa shape index (κ2) is 7.77. The van der Waals surface area contributed by atoms with E-state index in [1.807, 2.05) is 37.5 Å². The lowest BCUT2D eigenvalue weighted by atomic mass is 9.98. The van der Waals surface area contributed by atoms with Crippen LogP contribution in [0, 0.1) is 11.8 Å². The van der Waals surface area contributed by atoms with Crippen molar-refractivity contribution in [3.05, 3.63) is 88.2 Å². The van der Waals surface area contributed by atoms with Crippen molar-refractivity contribution in [3.63, 3.8) is 0 Å². The number of hydrogen-bond acceptors (Lipinski definition) is 4. The van der Waals surface area contributed by atoms with Gasteiger partial charge in [-0.2, -0.15) is 0 Å². The van der Waals surface area contributed by atoms with Gasteiger partial charge in [-0.05, 0) is 24.3 Å². The van der Waals surface area contributed by atoms with Gasteiger partial charge >= 0.3 is 0 Å². The Bertz CT molecular complexity index is 1320. The second-order valence-electron chi connectivity index (χ2n) is 6.81. The summed E-state index contributed by atoms with van der Waals surface area (Å²) in [4.78, 5) is 13.6. The second-order valence-corrected chi connectivity index (χ2v) is 7.66. The fourth-order valence-corrected chi connectivity index (χ4v) is 4.07. The third-order valence-corrected chi connectivity index (χ3v) is 5.66. The van der Waals surface area contributed by atoms with Crippen LogP contribution in [0.3, 0.4) is 0 Å². The molecule has 2 aromatic carbocycles. The van der Waals surface area contributed by atoms with Gasteiger partial charge in [0, 0.05) is 27.6 Å². The van der Waals surface area contributed by atoms with Crippen molar-refractivity contribution in [1.82, 2.24) is 14.5 Å². The van der Waals surface area contributed by atoms with E-state index in [1.54, 1.807) is 6.20 Å². The highest BCUT2D eigenvalue weighted by molar-refractivity contribution is 9.10. The van der Waals surface area contributed by atoms with Gasteiger partial charge in [-0.25, -0.2) is 9.97 Å². The third kappa shape index (κ3) is 3.17. The molecule has 0 fully saturated rings. The summed E-state index contributed by atoms with van der Waals surface area (Å²) < 4.78 is 8.59. The molecule has 0 saturated carbocycles. The number of aromatic nitrogens is 3. The van der Waals surface area contributed by atoms with Gasteiger partial charge in [-0.3, -0.25) is 9.56 Å². The largest absolute Gasteiger partial charge is 0.442 e. The fraction of sp³-hybridized carbons (Fsp3) is 0.125. The highest BCUT2D eigenvalue weighted by atomic mass is 79.9. The van der Waals surface area contributed by atoms with E-state index in [0.717, 1.165) is 50.4 Å². The van der Waals surface area contributed by atoms with E-state index in [2.05, 4.69) is 60.5 Å². The van der Waals surface area contributed by atoms with Crippen LogP contribution >= 0.6 is 15.9 Å². The van der Waals surface area contributed by atoms with E-state index in [0.29, 0.717) is 12.3 Å². The van der Waals surface area contributed by atoms with Crippen LogP contribution in [0.1, 0.15) is 35.7 Å². The summed E-state index contributed by atoms with van der Waals surface area (Å²) in [6.07, 6.45) is 5.73. The van der Waals surface area contributed by atoms with Crippen molar-refractivity contribution >= 4 is 21.6 Å². The van der Waals surface area contributed by atoms with Crippen LogP contribution in [0.25, 0.3) is 17.1 Å². The molecular formula is C24H17BrN4O. The molecule has 0 N–H and O–H groups in total. The Hall–Kier alpha value is -3.43. The fourth-order valence-electron chi connectivity index (χ4n) is 3.60. The number of benzene rings is 2. The lowest BCUT2D eigenvalue weighted by Gasteiger charge is -2.13. The molecule has 0 amide bonds. The van der Waals surface area contributed by atoms with Crippen LogP contribution in [0.4, 0.5) is 0 Å². The maximum absolute atomic E-state index is 5.51. The first-order valence-electron chi connectivity index (χ1n) is 9.64. The molecule has 2 aromatic heterocycles. The number of rotatable bonds is 2. The summed E-state index contributed by atoms with van der Waals surface area (Å²) >= 11 is 3.69. The smallest absolute Gasteiger partial charge is 0.181 e. The molecule has 0 unspecified atom stereocenters. The molecule has 30 heavy (non-hydrogen) atoms. The van der Waals surface area contributed by atoms with Crippen molar-refractivity contribution in [3.8, 4) is 29.0 Å². The monoisotopic (exact) mass is 456 g/mol. The maximum Gasteiger partial charge on any atom is 0.181 e. The van der Waals surface area contributed by atoms with Crippen molar-refractivity contribution in [1.29, 1.82) is 0 Å². The Balaban J connectivity index is 1.75. The number of hydrogen-bond donors (Lipinski definition) is 0. The number of halogens is 1. The first-order valence-corrected chi connectivity index (χ1v) is 10.4. The van der Waals surface area contributed by atoms with Crippen molar-refractivity contribution in [2.24, 2.45) is 4.99 Å². The minimum Gasteiger partial charge on any atom is -0.442 e. The Labute approximate surface area is 182 Å². The van der Waals surface area contributed by atoms with Crippen LogP contribution in [0.2, 0.25) is 0 Å². The average Bonchev–Trinajstić information content (AvgIpc) is 3.41. The number of nitrogens with zero attached hydrogens (tertiary/aromatic N) is 4. The van der Waals surface area contributed by atoms with Crippen molar-refractivity contribution in [2.45, 2.75) is 19.9 Å². The summed E-state index contributed by atoms with van der Waals surface area (Å²) in [7, 11) is 0. The number of fused-ring (bicyclic) bond motifs is 3. The molecule has 0 saturated heterocycles. The predicted molar refractivity (Wildman–Crippen MR) is 120 cm³/mol. The van der Waals surface area contributed by atoms with E-state index >= 15 is 0 Å². The molecular weight excluding hydrogens is 440 g/mol. The SMILES string of the molecule is CCC#Cc1ccc2c(c1)C(c1ccccc1Br)=NCc1c(-c3cnco3)ncn1-2. The summed E-state index contributed by atoms with van der Waals surface area (Å²) in [5.74, 6) is 7.03. The minimum atomic E-state index is 0.470. The molecule has 3 heterocycles. The normalized spacial score (nSPS) is 12.3. The molecule has 0 radical (unpaired) electrons. The zero-order chi connectivity index (χ0) is 20.5. The number of aliphatic imine (C=N–C) groups is 1. The Morgan fingerprint density at radius 3 is 2.87 bits per heavy atom. The molecule has 0 aliphatic carbocycles. The van der Waals surface area contributed by atoms with E-state index in [-0.39, 0.29) is 0 Å². The lowest BCUT2D eigenvalue weighted by Crippen LogP contribution is -2.08. The lowest BCUT2D eigenvalue weighted by molar-refractivity contribution is 0.569. The van der Waals surface area contributed by atoms with Crippen molar-refractivity contribution in [2.75, 3.05) is 0 Å². The standard InChI is InChI=1S/C24H17BrN4O/c1-2-3-6-16-9-10-20-18(11-16)23(17-7-4-5-8-19(17)25)27-12-21-24(28-14-29(20)21)22-13-26-15-30-22/h4-5,7-11,13-15H,2,12H2,1H3. The van der Waals surface area contributed by atoms with E-state index in [1.165, 1.54) is 6.39 Å². The molecule has 1 aliphatic heterocycles. The summed E-state index contributed by atoms with van der Waals surface area (Å²) in [6.45, 7) is 2.52. The molecule has 146 valence electrons. The van der Waals surface area contributed by atoms with Gasteiger partial charge in [0.1, 0.15) is 12.0 Å². The van der Waals surface area contributed by atoms with Crippen LogP contribution in [0.15, 0.2) is 75.3 Å². The molecule has 1 aliphatic rings. The molecule has 0 bridgehead atoms. The maximum atomic E-state index is 5.51. The van der Waals surface area contributed by atoms with Gasteiger partial charge in [0.05, 0.1) is 29.8 Å². The van der Waals surface area contributed by atoms with Crippen LogP contribution < -0.4 is 0 Å². The quantitative estimate of drug-likeness (QED) is 0.379. The molecule has 6 heteroatoms. The molecule has 0 atom stereocenters.